The fourth-order valence-corrected chi connectivity index (χ4v) is 5.26. The highest BCUT2D eigenvalue weighted by Crippen LogP contribution is 2.28. The van der Waals surface area contributed by atoms with Crippen molar-refractivity contribution in [3.05, 3.63) is 83.2 Å². The van der Waals surface area contributed by atoms with Gasteiger partial charge in [0.1, 0.15) is 0 Å². The summed E-state index contributed by atoms with van der Waals surface area (Å²) < 4.78 is 1.93. The van der Waals surface area contributed by atoms with Gasteiger partial charge < -0.3 is 25.0 Å². The molecule has 1 saturated heterocycles. The van der Waals surface area contributed by atoms with Gasteiger partial charge in [-0.25, -0.2) is 9.97 Å². The van der Waals surface area contributed by atoms with Crippen molar-refractivity contribution < 1.29 is 4.79 Å². The van der Waals surface area contributed by atoms with Crippen molar-refractivity contribution in [3.63, 3.8) is 0 Å². The molecule has 2 N–H and O–H groups in total. The first kappa shape index (κ1) is 27.4. The van der Waals surface area contributed by atoms with Crippen molar-refractivity contribution in [1.29, 1.82) is 0 Å². The number of nitrogens with zero attached hydrogens (tertiary/aromatic N) is 5. The number of anilines is 4. The van der Waals surface area contributed by atoms with Crippen molar-refractivity contribution in [2.24, 2.45) is 7.05 Å². The number of hydrogen-bond donors (Lipinski definition) is 2. The highest BCUT2D eigenvalue weighted by molar-refractivity contribution is 6.05. The van der Waals surface area contributed by atoms with E-state index in [4.69, 9.17) is 4.98 Å². The summed E-state index contributed by atoms with van der Waals surface area (Å²) in [5.41, 5.74) is 8.74. The molecule has 8 heteroatoms. The molecular weight excluding hydrogens is 498 g/mol. The fraction of sp³-hybridized carbons (Fsp3) is 0.344. The van der Waals surface area contributed by atoms with Crippen LogP contribution in [0.5, 0.6) is 0 Å². The largest absolute Gasteiger partial charge is 0.369 e. The van der Waals surface area contributed by atoms with Gasteiger partial charge in [0.05, 0.1) is 17.0 Å². The van der Waals surface area contributed by atoms with E-state index < -0.39 is 0 Å². The standard InChI is InChI=1S/C32H39N7O/c1-6-23-9-8-10-24(7-2)30(23)36-31(40)25-20-29(38(5)21-25)28-13-14-33-32(35-28)34-27-12-11-26(19-22(27)3)39-17-15-37(4)16-18-39/h8-14,19-21H,6-7,15-18H2,1-5H3,(H,36,40)(H,33,34,35). The van der Waals surface area contributed by atoms with Crippen LogP contribution in [0.15, 0.2) is 60.9 Å². The van der Waals surface area contributed by atoms with Crippen LogP contribution in [0, 0.1) is 6.92 Å². The Morgan fingerprint density at radius 1 is 0.950 bits per heavy atom. The number of amides is 1. The third-order valence-corrected chi connectivity index (χ3v) is 7.75. The third-order valence-electron chi connectivity index (χ3n) is 7.75. The lowest BCUT2D eigenvalue weighted by atomic mass is 10.0. The zero-order chi connectivity index (χ0) is 28.2. The number of para-hydroxylation sites is 1. The van der Waals surface area contributed by atoms with E-state index in [0.29, 0.717) is 11.5 Å². The molecule has 208 valence electrons. The van der Waals surface area contributed by atoms with Crippen LogP contribution in [0.4, 0.5) is 23.0 Å². The Morgan fingerprint density at radius 2 is 1.68 bits per heavy atom. The van der Waals surface area contributed by atoms with Crippen LogP contribution >= 0.6 is 0 Å². The summed E-state index contributed by atoms with van der Waals surface area (Å²) in [5.74, 6) is 0.394. The van der Waals surface area contributed by atoms with Gasteiger partial charge in [-0.15, -0.1) is 0 Å². The summed E-state index contributed by atoms with van der Waals surface area (Å²) in [4.78, 5) is 27.3. The summed E-state index contributed by atoms with van der Waals surface area (Å²) in [5, 5.41) is 6.56. The van der Waals surface area contributed by atoms with Crippen LogP contribution < -0.4 is 15.5 Å². The van der Waals surface area contributed by atoms with Gasteiger partial charge in [-0.2, -0.15) is 0 Å². The summed E-state index contributed by atoms with van der Waals surface area (Å²) >= 11 is 0. The molecule has 0 atom stereocenters. The molecule has 1 fully saturated rings. The van der Waals surface area contributed by atoms with Crippen molar-refractivity contribution in [1.82, 2.24) is 19.4 Å². The molecule has 0 aliphatic carbocycles. The van der Waals surface area contributed by atoms with Crippen LogP contribution in [0.3, 0.4) is 0 Å². The van der Waals surface area contributed by atoms with Crippen molar-refractivity contribution in [3.8, 4) is 11.4 Å². The van der Waals surface area contributed by atoms with E-state index in [1.165, 1.54) is 5.69 Å². The number of benzene rings is 2. The summed E-state index contributed by atoms with van der Waals surface area (Å²) in [7, 11) is 4.10. The molecule has 0 saturated carbocycles. The minimum Gasteiger partial charge on any atom is -0.369 e. The summed E-state index contributed by atoms with van der Waals surface area (Å²) in [6.07, 6.45) is 5.31. The fourth-order valence-electron chi connectivity index (χ4n) is 5.26. The predicted molar refractivity (Wildman–Crippen MR) is 164 cm³/mol. The number of nitrogens with one attached hydrogen (secondary N) is 2. The predicted octanol–water partition coefficient (Wildman–Crippen LogP) is 5.66. The van der Waals surface area contributed by atoms with E-state index in [-0.39, 0.29) is 5.91 Å². The number of aryl methyl sites for hydroxylation is 4. The monoisotopic (exact) mass is 537 g/mol. The minimum absolute atomic E-state index is 0.124. The van der Waals surface area contributed by atoms with E-state index in [2.05, 4.69) is 89.6 Å². The van der Waals surface area contributed by atoms with Gasteiger partial charge in [-0.1, -0.05) is 32.0 Å². The van der Waals surface area contributed by atoms with Gasteiger partial charge in [0, 0.05) is 62.7 Å². The Hall–Kier alpha value is -4.17. The lowest BCUT2D eigenvalue weighted by Gasteiger charge is -2.34. The SMILES string of the molecule is CCc1cccc(CC)c1NC(=O)c1cc(-c2ccnc(Nc3ccc(N4CCN(C)CC4)cc3C)n2)n(C)c1. The second-order valence-corrected chi connectivity index (χ2v) is 10.5. The van der Waals surface area contributed by atoms with Gasteiger partial charge in [-0.3, -0.25) is 4.79 Å². The number of rotatable bonds is 8. The summed E-state index contributed by atoms with van der Waals surface area (Å²) in [6.45, 7) is 10.5. The van der Waals surface area contributed by atoms with E-state index in [9.17, 15) is 4.79 Å². The Balaban J connectivity index is 1.33. The number of hydrogen-bond acceptors (Lipinski definition) is 6. The molecule has 2 aromatic carbocycles. The van der Waals surface area contributed by atoms with E-state index in [1.54, 1.807) is 6.20 Å². The van der Waals surface area contributed by atoms with E-state index in [1.807, 2.05) is 29.9 Å². The third kappa shape index (κ3) is 5.87. The minimum atomic E-state index is -0.124. The van der Waals surface area contributed by atoms with Crippen LogP contribution in [-0.4, -0.2) is 58.6 Å². The van der Waals surface area contributed by atoms with E-state index >= 15 is 0 Å². The van der Waals surface area contributed by atoms with Gasteiger partial charge >= 0.3 is 0 Å². The highest BCUT2D eigenvalue weighted by atomic mass is 16.1. The number of piperazine rings is 1. The molecule has 1 aliphatic rings. The first-order chi connectivity index (χ1) is 19.4. The Kier molecular flexibility index (Phi) is 8.16. The van der Waals surface area contributed by atoms with Crippen molar-refractivity contribution >= 4 is 28.9 Å². The molecule has 8 nitrogen and oxygen atoms in total. The van der Waals surface area contributed by atoms with Gasteiger partial charge in [0.2, 0.25) is 5.95 Å². The zero-order valence-electron chi connectivity index (χ0n) is 24.2. The Labute approximate surface area is 237 Å². The molecule has 1 amide bonds. The van der Waals surface area contributed by atoms with E-state index in [0.717, 1.165) is 78.5 Å². The molecule has 0 bridgehead atoms. The normalized spacial score (nSPS) is 13.9. The van der Waals surface area contributed by atoms with Gasteiger partial charge in [-0.05, 0) is 73.8 Å². The van der Waals surface area contributed by atoms with Crippen LogP contribution in [0.2, 0.25) is 0 Å². The molecule has 0 unspecified atom stereocenters. The Bertz CT molecular complexity index is 1480. The van der Waals surface area contributed by atoms with Crippen LogP contribution in [0.25, 0.3) is 11.4 Å². The average molecular weight is 538 g/mol. The maximum atomic E-state index is 13.3. The number of carbonyl (C=O) groups is 1. The first-order valence-corrected chi connectivity index (χ1v) is 14.1. The molecule has 0 radical (unpaired) electrons. The second kappa shape index (κ2) is 11.9. The number of likely N-dealkylation sites (N-methyl/N-ethyl adjacent to an activating group) is 1. The zero-order valence-corrected chi connectivity index (χ0v) is 24.2. The maximum Gasteiger partial charge on any atom is 0.257 e. The van der Waals surface area contributed by atoms with Crippen LogP contribution in [0.1, 0.15) is 40.9 Å². The average Bonchev–Trinajstić information content (AvgIpc) is 3.36. The second-order valence-electron chi connectivity index (χ2n) is 10.5. The number of carbonyl (C=O) groups excluding carboxylic acids is 1. The van der Waals surface area contributed by atoms with Crippen LogP contribution in [-0.2, 0) is 19.9 Å². The molecule has 0 spiro atoms. The first-order valence-electron chi connectivity index (χ1n) is 14.1. The van der Waals surface area contributed by atoms with Gasteiger partial charge in [0.25, 0.3) is 5.91 Å². The van der Waals surface area contributed by atoms with Crippen molar-refractivity contribution in [2.45, 2.75) is 33.6 Å². The lowest BCUT2D eigenvalue weighted by Crippen LogP contribution is -2.44. The number of aromatic nitrogens is 3. The highest BCUT2D eigenvalue weighted by Gasteiger charge is 2.17. The quantitative estimate of drug-likeness (QED) is 0.302. The van der Waals surface area contributed by atoms with Crippen molar-refractivity contribution in [2.75, 3.05) is 48.8 Å². The molecule has 4 aromatic rings. The molecule has 3 heterocycles. The lowest BCUT2D eigenvalue weighted by molar-refractivity contribution is 0.102. The molecular formula is C32H39N7O. The smallest absolute Gasteiger partial charge is 0.257 e. The van der Waals surface area contributed by atoms with Gasteiger partial charge in [0.15, 0.2) is 0 Å². The summed E-state index contributed by atoms with van der Waals surface area (Å²) in [6, 6.07) is 16.4. The molecule has 40 heavy (non-hydrogen) atoms. The molecule has 2 aromatic heterocycles. The molecule has 5 rings (SSSR count). The maximum absolute atomic E-state index is 13.3. The topological polar surface area (TPSA) is 78.3 Å². The Morgan fingerprint density at radius 3 is 2.35 bits per heavy atom. The molecule has 1 aliphatic heterocycles.